The lowest BCUT2D eigenvalue weighted by Crippen LogP contribution is -2.55. The molecule has 1 N–H and O–H groups in total. The lowest BCUT2D eigenvalue weighted by atomic mass is 10.2. The molecule has 104 valence electrons. The van der Waals surface area contributed by atoms with E-state index in [-0.39, 0.29) is 30.6 Å². The number of carbonyl (C=O) groups is 1. The van der Waals surface area contributed by atoms with Crippen LogP contribution in [0, 0.1) is 0 Å². The van der Waals surface area contributed by atoms with Crippen LogP contribution in [0.25, 0.3) is 0 Å². The molecule has 0 radical (unpaired) electrons. The van der Waals surface area contributed by atoms with Crippen molar-refractivity contribution in [2.24, 2.45) is 0 Å². The Labute approximate surface area is 112 Å². The molecular weight excluding hydrogens is 268 g/mol. The van der Waals surface area contributed by atoms with Gasteiger partial charge >= 0.3 is 6.09 Å². The average Bonchev–Trinajstić information content (AvgIpc) is 2.39. The SMILES string of the molecule is C[C@H]1CN(C(=O)O)CCN1S(=O)(=O)c1ccccc1. The van der Waals surface area contributed by atoms with Crippen molar-refractivity contribution < 1.29 is 18.3 Å². The Kier molecular flexibility index (Phi) is 3.77. The summed E-state index contributed by atoms with van der Waals surface area (Å²) in [6.45, 7) is 2.30. The molecule has 0 unspecified atom stereocenters. The number of carboxylic acid groups (broad SMARTS) is 1. The van der Waals surface area contributed by atoms with Gasteiger partial charge in [0.15, 0.2) is 0 Å². The van der Waals surface area contributed by atoms with Gasteiger partial charge in [0.1, 0.15) is 0 Å². The van der Waals surface area contributed by atoms with Crippen LogP contribution >= 0.6 is 0 Å². The topological polar surface area (TPSA) is 77.9 Å². The van der Waals surface area contributed by atoms with E-state index in [4.69, 9.17) is 5.11 Å². The Morgan fingerprint density at radius 1 is 1.26 bits per heavy atom. The van der Waals surface area contributed by atoms with Crippen molar-refractivity contribution >= 4 is 16.1 Å². The fraction of sp³-hybridized carbons (Fsp3) is 0.417. The molecule has 0 bridgehead atoms. The van der Waals surface area contributed by atoms with Crippen LogP contribution in [0.2, 0.25) is 0 Å². The fourth-order valence-corrected chi connectivity index (χ4v) is 3.83. The van der Waals surface area contributed by atoms with E-state index in [1.165, 1.54) is 9.21 Å². The molecule has 1 heterocycles. The Morgan fingerprint density at radius 3 is 2.42 bits per heavy atom. The summed E-state index contributed by atoms with van der Waals surface area (Å²) in [7, 11) is -3.55. The van der Waals surface area contributed by atoms with Gasteiger partial charge in [0.25, 0.3) is 0 Å². The van der Waals surface area contributed by atoms with Crippen LogP contribution in [0.5, 0.6) is 0 Å². The summed E-state index contributed by atoms with van der Waals surface area (Å²) in [5.74, 6) is 0. The molecule has 2 rings (SSSR count). The molecule has 6 nitrogen and oxygen atoms in total. The van der Waals surface area contributed by atoms with Crippen molar-refractivity contribution in [1.82, 2.24) is 9.21 Å². The largest absolute Gasteiger partial charge is 0.465 e. The van der Waals surface area contributed by atoms with Gasteiger partial charge in [-0.3, -0.25) is 0 Å². The highest BCUT2D eigenvalue weighted by atomic mass is 32.2. The van der Waals surface area contributed by atoms with E-state index in [1.807, 2.05) is 0 Å². The van der Waals surface area contributed by atoms with Crippen LogP contribution in [0.15, 0.2) is 35.2 Å². The van der Waals surface area contributed by atoms with E-state index in [1.54, 1.807) is 37.3 Å². The summed E-state index contributed by atoms with van der Waals surface area (Å²) in [4.78, 5) is 12.4. The van der Waals surface area contributed by atoms with Gasteiger partial charge < -0.3 is 10.0 Å². The lowest BCUT2D eigenvalue weighted by Gasteiger charge is -2.37. The van der Waals surface area contributed by atoms with E-state index in [2.05, 4.69) is 0 Å². The van der Waals surface area contributed by atoms with E-state index in [9.17, 15) is 13.2 Å². The molecule has 1 atom stereocenters. The highest BCUT2D eigenvalue weighted by Crippen LogP contribution is 2.21. The van der Waals surface area contributed by atoms with Crippen molar-refractivity contribution in [3.05, 3.63) is 30.3 Å². The molecule has 0 aromatic heterocycles. The number of hydrogen-bond acceptors (Lipinski definition) is 3. The van der Waals surface area contributed by atoms with Gasteiger partial charge in [-0.25, -0.2) is 13.2 Å². The molecule has 7 heteroatoms. The Bertz CT molecular complexity index is 558. The zero-order chi connectivity index (χ0) is 14.0. The lowest BCUT2D eigenvalue weighted by molar-refractivity contribution is 0.109. The zero-order valence-electron chi connectivity index (χ0n) is 10.6. The Balaban J connectivity index is 2.22. The minimum absolute atomic E-state index is 0.185. The number of sulfonamides is 1. The van der Waals surface area contributed by atoms with Crippen molar-refractivity contribution in [2.75, 3.05) is 19.6 Å². The first-order valence-corrected chi connectivity index (χ1v) is 7.41. The van der Waals surface area contributed by atoms with Crippen molar-refractivity contribution in [3.63, 3.8) is 0 Å². The predicted octanol–water partition coefficient (Wildman–Crippen LogP) is 1.06. The van der Waals surface area contributed by atoms with Crippen LogP contribution in [0.4, 0.5) is 4.79 Å². The Hall–Kier alpha value is -1.60. The van der Waals surface area contributed by atoms with Gasteiger partial charge in [0.2, 0.25) is 10.0 Å². The van der Waals surface area contributed by atoms with E-state index in [0.717, 1.165) is 0 Å². The van der Waals surface area contributed by atoms with Crippen molar-refractivity contribution in [3.8, 4) is 0 Å². The van der Waals surface area contributed by atoms with Gasteiger partial charge in [-0.15, -0.1) is 0 Å². The quantitative estimate of drug-likeness (QED) is 0.881. The van der Waals surface area contributed by atoms with Crippen LogP contribution in [-0.2, 0) is 10.0 Å². The standard InChI is InChI=1S/C12H16N2O4S/c1-10-9-13(12(15)16)7-8-14(10)19(17,18)11-5-3-2-4-6-11/h2-6,10H,7-9H2,1H3,(H,15,16)/t10-/m0/s1. The van der Waals surface area contributed by atoms with Crippen LogP contribution < -0.4 is 0 Å². The third-order valence-corrected chi connectivity index (χ3v) is 5.21. The summed E-state index contributed by atoms with van der Waals surface area (Å²) >= 11 is 0. The maximum absolute atomic E-state index is 12.4. The average molecular weight is 284 g/mol. The number of nitrogens with zero attached hydrogens (tertiary/aromatic N) is 2. The van der Waals surface area contributed by atoms with Gasteiger partial charge in [-0.1, -0.05) is 18.2 Å². The van der Waals surface area contributed by atoms with Gasteiger partial charge in [-0.2, -0.15) is 4.31 Å². The second-order valence-electron chi connectivity index (χ2n) is 4.51. The summed E-state index contributed by atoms with van der Waals surface area (Å²) in [5.41, 5.74) is 0. The number of benzene rings is 1. The number of piperazine rings is 1. The van der Waals surface area contributed by atoms with E-state index in [0.29, 0.717) is 0 Å². The normalized spacial score (nSPS) is 21.3. The Morgan fingerprint density at radius 2 is 1.89 bits per heavy atom. The maximum atomic E-state index is 12.4. The first-order valence-electron chi connectivity index (χ1n) is 5.97. The minimum atomic E-state index is -3.55. The first kappa shape index (κ1) is 13.8. The van der Waals surface area contributed by atoms with Gasteiger partial charge in [0, 0.05) is 25.7 Å². The van der Waals surface area contributed by atoms with Crippen molar-refractivity contribution in [1.29, 1.82) is 0 Å². The molecule has 1 amide bonds. The third-order valence-electron chi connectivity index (χ3n) is 3.19. The maximum Gasteiger partial charge on any atom is 0.407 e. The minimum Gasteiger partial charge on any atom is -0.465 e. The summed E-state index contributed by atoms with van der Waals surface area (Å²) in [6, 6.07) is 7.83. The molecule has 1 aliphatic heterocycles. The van der Waals surface area contributed by atoms with E-state index < -0.39 is 16.1 Å². The monoisotopic (exact) mass is 284 g/mol. The molecule has 1 fully saturated rings. The van der Waals surface area contributed by atoms with Crippen LogP contribution in [0.1, 0.15) is 6.92 Å². The van der Waals surface area contributed by atoms with Crippen molar-refractivity contribution in [2.45, 2.75) is 17.9 Å². The number of hydrogen-bond donors (Lipinski definition) is 1. The molecule has 1 aliphatic rings. The van der Waals surface area contributed by atoms with E-state index >= 15 is 0 Å². The predicted molar refractivity (Wildman–Crippen MR) is 69.4 cm³/mol. The second-order valence-corrected chi connectivity index (χ2v) is 6.40. The molecular formula is C12H16N2O4S. The van der Waals surface area contributed by atoms with Crippen LogP contribution in [-0.4, -0.2) is 54.5 Å². The van der Waals surface area contributed by atoms with Crippen LogP contribution in [0.3, 0.4) is 0 Å². The van der Waals surface area contributed by atoms with Gasteiger partial charge in [-0.05, 0) is 19.1 Å². The molecule has 0 aliphatic carbocycles. The smallest absolute Gasteiger partial charge is 0.407 e. The zero-order valence-corrected chi connectivity index (χ0v) is 11.4. The highest BCUT2D eigenvalue weighted by molar-refractivity contribution is 7.89. The molecule has 1 saturated heterocycles. The molecule has 1 aromatic carbocycles. The first-order chi connectivity index (χ1) is 8.93. The number of amides is 1. The molecule has 0 saturated carbocycles. The highest BCUT2D eigenvalue weighted by Gasteiger charge is 2.34. The molecule has 0 spiro atoms. The van der Waals surface area contributed by atoms with Gasteiger partial charge in [0.05, 0.1) is 4.90 Å². The molecule has 1 aromatic rings. The summed E-state index contributed by atoms with van der Waals surface area (Å²) in [5, 5.41) is 8.92. The molecule has 19 heavy (non-hydrogen) atoms. The fourth-order valence-electron chi connectivity index (χ4n) is 2.20. The third kappa shape index (κ3) is 2.71. The summed E-state index contributed by atoms with van der Waals surface area (Å²) in [6.07, 6.45) is -1.01. The second kappa shape index (κ2) is 5.18. The summed E-state index contributed by atoms with van der Waals surface area (Å²) < 4.78 is 26.2. The number of rotatable bonds is 2.